The van der Waals surface area contributed by atoms with Gasteiger partial charge in [-0.25, -0.2) is 0 Å². The Balaban J connectivity index is 2.55. The Morgan fingerprint density at radius 2 is 2.29 bits per heavy atom. The quantitative estimate of drug-likeness (QED) is 0.814. The summed E-state index contributed by atoms with van der Waals surface area (Å²) in [6.07, 6.45) is 1.82. The summed E-state index contributed by atoms with van der Waals surface area (Å²) in [5, 5.41) is 4.85. The molecule has 1 atom stereocenters. The monoisotopic (exact) mass is 213 g/mol. The summed E-state index contributed by atoms with van der Waals surface area (Å²) in [6.45, 7) is 7.35. The lowest BCUT2D eigenvalue weighted by Crippen LogP contribution is -2.18. The minimum Gasteiger partial charge on any atom is -0.322 e. The molecule has 1 unspecified atom stereocenters. The van der Waals surface area contributed by atoms with Crippen molar-refractivity contribution in [2.45, 2.75) is 38.6 Å². The van der Waals surface area contributed by atoms with E-state index in [0.717, 1.165) is 18.0 Å². The van der Waals surface area contributed by atoms with Crippen molar-refractivity contribution >= 4 is 11.8 Å². The molecule has 0 bridgehead atoms. The first-order valence-electron chi connectivity index (χ1n) is 5.04. The summed E-state index contributed by atoms with van der Waals surface area (Å²) in [4.78, 5) is 0. The molecule has 1 aromatic rings. The largest absolute Gasteiger partial charge is 0.322 e. The molecule has 0 aliphatic heterocycles. The van der Waals surface area contributed by atoms with Gasteiger partial charge in [-0.2, -0.15) is 16.9 Å². The van der Waals surface area contributed by atoms with E-state index in [9.17, 15) is 0 Å². The van der Waals surface area contributed by atoms with Crippen molar-refractivity contribution in [2.24, 2.45) is 5.73 Å². The Bertz CT molecular complexity index is 270. The first kappa shape index (κ1) is 11.6. The Hall–Kier alpha value is -0.480. The van der Waals surface area contributed by atoms with Crippen molar-refractivity contribution in [3.8, 4) is 0 Å². The van der Waals surface area contributed by atoms with Gasteiger partial charge in [0.05, 0.1) is 11.7 Å². The van der Waals surface area contributed by atoms with Gasteiger partial charge >= 0.3 is 0 Å². The molecule has 1 rings (SSSR count). The summed E-state index contributed by atoms with van der Waals surface area (Å²) in [5.74, 6) is 0.962. The van der Waals surface area contributed by atoms with E-state index in [1.807, 2.05) is 28.7 Å². The van der Waals surface area contributed by atoms with Crippen molar-refractivity contribution in [1.29, 1.82) is 0 Å². The number of aromatic nitrogens is 2. The van der Waals surface area contributed by atoms with Crippen LogP contribution in [0, 0.1) is 0 Å². The van der Waals surface area contributed by atoms with Crippen molar-refractivity contribution in [1.82, 2.24) is 9.78 Å². The van der Waals surface area contributed by atoms with Crippen molar-refractivity contribution in [3.05, 3.63) is 18.0 Å². The number of rotatable bonds is 5. The van der Waals surface area contributed by atoms with Gasteiger partial charge in [-0.15, -0.1) is 0 Å². The van der Waals surface area contributed by atoms with E-state index in [1.54, 1.807) is 0 Å². The molecule has 2 N–H and O–H groups in total. The second-order valence-electron chi connectivity index (χ2n) is 3.56. The summed E-state index contributed by atoms with van der Waals surface area (Å²) >= 11 is 1.89. The van der Waals surface area contributed by atoms with E-state index in [2.05, 4.69) is 25.9 Å². The number of hydrogen-bond donors (Lipinski definition) is 1. The summed E-state index contributed by atoms with van der Waals surface area (Å²) in [6, 6.07) is 2.11. The first-order chi connectivity index (χ1) is 6.65. The van der Waals surface area contributed by atoms with Crippen LogP contribution in [0.25, 0.3) is 0 Å². The molecule has 0 amide bonds. The molecule has 1 aromatic heterocycles. The fourth-order valence-corrected chi connectivity index (χ4v) is 2.07. The molecule has 1 heterocycles. The van der Waals surface area contributed by atoms with Gasteiger partial charge in [0.25, 0.3) is 0 Å². The van der Waals surface area contributed by atoms with Gasteiger partial charge in [0.2, 0.25) is 0 Å². The van der Waals surface area contributed by atoms with Gasteiger partial charge in [0, 0.05) is 18.5 Å². The Labute approximate surface area is 90.1 Å². The highest BCUT2D eigenvalue weighted by Gasteiger charge is 2.11. The van der Waals surface area contributed by atoms with Crippen molar-refractivity contribution in [3.63, 3.8) is 0 Å². The smallest absolute Gasteiger partial charge is 0.0559 e. The average molecular weight is 213 g/mol. The molecule has 0 saturated carbocycles. The van der Waals surface area contributed by atoms with Crippen LogP contribution in [0.5, 0.6) is 0 Å². The fourth-order valence-electron chi connectivity index (χ4n) is 1.30. The van der Waals surface area contributed by atoms with Gasteiger partial charge in [-0.1, -0.05) is 13.8 Å². The van der Waals surface area contributed by atoms with Gasteiger partial charge in [0.1, 0.15) is 0 Å². The molecule has 3 nitrogen and oxygen atoms in total. The Morgan fingerprint density at radius 1 is 1.57 bits per heavy atom. The molecule has 0 aliphatic rings. The normalized spacial score (nSPS) is 13.5. The van der Waals surface area contributed by atoms with E-state index >= 15 is 0 Å². The Kier molecular flexibility index (Phi) is 4.48. The number of nitrogens with zero attached hydrogens (tertiary/aromatic N) is 2. The third-order valence-corrected chi connectivity index (χ3v) is 3.26. The van der Waals surface area contributed by atoms with Gasteiger partial charge in [-0.05, 0) is 18.2 Å². The highest BCUT2D eigenvalue weighted by atomic mass is 32.2. The predicted octanol–water partition coefficient (Wildman–Crippen LogP) is 2.04. The van der Waals surface area contributed by atoms with Gasteiger partial charge < -0.3 is 5.73 Å². The van der Waals surface area contributed by atoms with Crippen LogP contribution in [0.15, 0.2) is 12.3 Å². The molecular weight excluding hydrogens is 194 g/mol. The lowest BCUT2D eigenvalue weighted by molar-refractivity contribution is 0.592. The maximum atomic E-state index is 6.08. The third-order valence-electron chi connectivity index (χ3n) is 2.04. The second-order valence-corrected chi connectivity index (χ2v) is 5.17. The predicted molar refractivity (Wildman–Crippen MR) is 62.4 cm³/mol. The Morgan fingerprint density at radius 3 is 2.86 bits per heavy atom. The fraction of sp³-hybridized carbons (Fsp3) is 0.700. The molecule has 0 saturated heterocycles. The van der Waals surface area contributed by atoms with Crippen LogP contribution in [0.3, 0.4) is 0 Å². The maximum Gasteiger partial charge on any atom is 0.0559 e. The summed E-state index contributed by atoms with van der Waals surface area (Å²) in [5.41, 5.74) is 7.22. The second kappa shape index (κ2) is 5.41. The number of aryl methyl sites for hydroxylation is 1. The molecule has 4 heteroatoms. The SMILES string of the molecule is CCn1nccc1C(N)CSC(C)C. The van der Waals surface area contributed by atoms with Crippen LogP contribution in [-0.2, 0) is 6.54 Å². The van der Waals surface area contributed by atoms with Crippen molar-refractivity contribution in [2.75, 3.05) is 5.75 Å². The van der Waals surface area contributed by atoms with Crippen LogP contribution in [-0.4, -0.2) is 20.8 Å². The maximum absolute atomic E-state index is 6.08. The molecule has 0 fully saturated rings. The molecular formula is C10H19N3S. The number of hydrogen-bond acceptors (Lipinski definition) is 3. The van der Waals surface area contributed by atoms with Crippen LogP contribution in [0.2, 0.25) is 0 Å². The minimum absolute atomic E-state index is 0.102. The van der Waals surface area contributed by atoms with E-state index in [1.165, 1.54) is 0 Å². The van der Waals surface area contributed by atoms with Gasteiger partial charge in [-0.3, -0.25) is 4.68 Å². The molecule has 0 spiro atoms. The summed E-state index contributed by atoms with van der Waals surface area (Å²) < 4.78 is 1.96. The molecule has 0 aliphatic carbocycles. The highest BCUT2D eigenvalue weighted by molar-refractivity contribution is 7.99. The average Bonchev–Trinajstić information content (AvgIpc) is 2.61. The highest BCUT2D eigenvalue weighted by Crippen LogP contribution is 2.18. The molecule has 0 aromatic carbocycles. The zero-order valence-electron chi connectivity index (χ0n) is 9.10. The number of nitrogens with two attached hydrogens (primary N) is 1. The molecule has 80 valence electrons. The van der Waals surface area contributed by atoms with Crippen LogP contribution < -0.4 is 5.73 Å². The van der Waals surface area contributed by atoms with E-state index in [4.69, 9.17) is 5.73 Å². The third kappa shape index (κ3) is 3.03. The zero-order chi connectivity index (χ0) is 10.6. The lowest BCUT2D eigenvalue weighted by atomic mass is 10.2. The minimum atomic E-state index is 0.102. The zero-order valence-corrected chi connectivity index (χ0v) is 9.92. The summed E-state index contributed by atoms with van der Waals surface area (Å²) in [7, 11) is 0. The molecule has 0 radical (unpaired) electrons. The van der Waals surface area contributed by atoms with Gasteiger partial charge in [0.15, 0.2) is 0 Å². The first-order valence-corrected chi connectivity index (χ1v) is 6.09. The van der Waals surface area contributed by atoms with E-state index in [0.29, 0.717) is 5.25 Å². The topological polar surface area (TPSA) is 43.8 Å². The van der Waals surface area contributed by atoms with E-state index < -0.39 is 0 Å². The molecule has 14 heavy (non-hydrogen) atoms. The van der Waals surface area contributed by atoms with Crippen LogP contribution in [0.1, 0.15) is 32.5 Å². The standard InChI is InChI=1S/C10H19N3S/c1-4-13-10(5-6-12-13)9(11)7-14-8(2)3/h5-6,8-9H,4,7,11H2,1-3H3. The van der Waals surface area contributed by atoms with E-state index in [-0.39, 0.29) is 6.04 Å². The lowest BCUT2D eigenvalue weighted by Gasteiger charge is -2.14. The van der Waals surface area contributed by atoms with Crippen LogP contribution in [0.4, 0.5) is 0 Å². The number of thioether (sulfide) groups is 1. The van der Waals surface area contributed by atoms with Crippen LogP contribution >= 0.6 is 11.8 Å². The van der Waals surface area contributed by atoms with Crippen molar-refractivity contribution < 1.29 is 0 Å².